The van der Waals surface area contributed by atoms with Crippen molar-refractivity contribution in [2.45, 2.75) is 46.2 Å². The number of rotatable bonds is 9. The van der Waals surface area contributed by atoms with E-state index in [0.29, 0.717) is 6.42 Å². The van der Waals surface area contributed by atoms with Gasteiger partial charge in [-0.15, -0.1) is 0 Å². The van der Waals surface area contributed by atoms with E-state index in [0.717, 1.165) is 39.0 Å². The maximum absolute atomic E-state index is 11.4. The van der Waals surface area contributed by atoms with Crippen LogP contribution in [0.5, 0.6) is 0 Å². The Morgan fingerprint density at radius 3 is 2.83 bits per heavy atom. The van der Waals surface area contributed by atoms with Gasteiger partial charge in [-0.25, -0.2) is 0 Å². The molecule has 0 spiro atoms. The Kier molecular flexibility index (Phi) is 7.18. The Bertz CT molecular complexity index is 347. The first-order chi connectivity index (χ1) is 8.77. The van der Waals surface area contributed by atoms with Crippen molar-refractivity contribution in [2.75, 3.05) is 13.1 Å². The summed E-state index contributed by atoms with van der Waals surface area (Å²) in [4.78, 5) is 11.4. The van der Waals surface area contributed by atoms with Gasteiger partial charge in [0.05, 0.1) is 0 Å². The normalized spacial score (nSPS) is 10.6. The highest BCUT2D eigenvalue weighted by molar-refractivity contribution is 5.75. The number of aryl methyl sites for hydroxylation is 1. The topological polar surface area (TPSA) is 46.1 Å². The average Bonchev–Trinajstić information content (AvgIpc) is 2.80. The summed E-state index contributed by atoms with van der Waals surface area (Å²) in [5.41, 5.74) is 1.28. The molecule has 1 amide bonds. The standard InChI is InChI=1S/C14H25N3O/c1-3-8-16-14(18)7-9-15-12-13-6-5-11-17(13)10-4-2/h5-6,11,15H,3-4,7-10,12H2,1-2H3,(H,16,18). The van der Waals surface area contributed by atoms with Crippen molar-refractivity contribution in [3.05, 3.63) is 24.0 Å². The van der Waals surface area contributed by atoms with Gasteiger partial charge in [-0.1, -0.05) is 13.8 Å². The fraction of sp³-hybridized carbons (Fsp3) is 0.643. The lowest BCUT2D eigenvalue weighted by Crippen LogP contribution is -2.28. The van der Waals surface area contributed by atoms with E-state index >= 15 is 0 Å². The first kappa shape index (κ1) is 14.8. The van der Waals surface area contributed by atoms with Crippen LogP contribution in [0.2, 0.25) is 0 Å². The molecule has 4 heteroatoms. The van der Waals surface area contributed by atoms with Crippen molar-refractivity contribution >= 4 is 5.91 Å². The predicted octanol–water partition coefficient (Wildman–Crippen LogP) is 1.90. The van der Waals surface area contributed by atoms with Crippen molar-refractivity contribution in [1.82, 2.24) is 15.2 Å². The summed E-state index contributed by atoms with van der Waals surface area (Å²) in [7, 11) is 0. The maximum atomic E-state index is 11.4. The van der Waals surface area contributed by atoms with Crippen molar-refractivity contribution < 1.29 is 4.79 Å². The average molecular weight is 251 g/mol. The number of aromatic nitrogens is 1. The zero-order chi connectivity index (χ0) is 13.2. The van der Waals surface area contributed by atoms with Crippen LogP contribution >= 0.6 is 0 Å². The van der Waals surface area contributed by atoms with E-state index in [4.69, 9.17) is 0 Å². The first-order valence-corrected chi connectivity index (χ1v) is 6.89. The summed E-state index contributed by atoms with van der Waals surface area (Å²) in [6.45, 7) is 7.62. The summed E-state index contributed by atoms with van der Waals surface area (Å²) in [6, 6.07) is 4.19. The molecule has 0 saturated heterocycles. The van der Waals surface area contributed by atoms with Crippen molar-refractivity contribution in [3.8, 4) is 0 Å². The monoisotopic (exact) mass is 251 g/mol. The summed E-state index contributed by atoms with van der Waals surface area (Å²) >= 11 is 0. The molecule has 102 valence electrons. The summed E-state index contributed by atoms with van der Waals surface area (Å²) in [5, 5.41) is 6.19. The molecular formula is C14H25N3O. The molecule has 0 bridgehead atoms. The van der Waals surface area contributed by atoms with Crippen LogP contribution in [0.1, 0.15) is 38.8 Å². The molecule has 0 unspecified atom stereocenters. The van der Waals surface area contributed by atoms with Gasteiger partial charge in [0, 0.05) is 44.5 Å². The van der Waals surface area contributed by atoms with Crippen LogP contribution in [0.3, 0.4) is 0 Å². The smallest absolute Gasteiger partial charge is 0.221 e. The van der Waals surface area contributed by atoms with Crippen LogP contribution in [0.15, 0.2) is 18.3 Å². The molecule has 0 aromatic carbocycles. The molecule has 0 aliphatic carbocycles. The van der Waals surface area contributed by atoms with E-state index in [-0.39, 0.29) is 5.91 Å². The third-order valence-electron chi connectivity index (χ3n) is 2.80. The molecule has 0 fully saturated rings. The zero-order valence-corrected chi connectivity index (χ0v) is 11.5. The van der Waals surface area contributed by atoms with Crippen LogP contribution in [-0.2, 0) is 17.9 Å². The second-order valence-electron chi connectivity index (χ2n) is 4.47. The molecule has 1 aromatic rings. The van der Waals surface area contributed by atoms with Gasteiger partial charge in [-0.3, -0.25) is 4.79 Å². The highest BCUT2D eigenvalue weighted by atomic mass is 16.1. The lowest BCUT2D eigenvalue weighted by atomic mass is 10.3. The number of amides is 1. The molecule has 1 aromatic heterocycles. The fourth-order valence-electron chi connectivity index (χ4n) is 1.84. The van der Waals surface area contributed by atoms with Gasteiger partial charge in [0.25, 0.3) is 0 Å². The van der Waals surface area contributed by atoms with E-state index < -0.39 is 0 Å². The number of nitrogens with zero attached hydrogens (tertiary/aromatic N) is 1. The summed E-state index contributed by atoms with van der Waals surface area (Å²) < 4.78 is 2.25. The van der Waals surface area contributed by atoms with Gasteiger partial charge in [0.1, 0.15) is 0 Å². The third-order valence-corrected chi connectivity index (χ3v) is 2.80. The Hall–Kier alpha value is -1.29. The van der Waals surface area contributed by atoms with Crippen LogP contribution < -0.4 is 10.6 Å². The minimum atomic E-state index is 0.133. The minimum Gasteiger partial charge on any atom is -0.356 e. The molecule has 0 atom stereocenters. The number of nitrogens with one attached hydrogen (secondary N) is 2. The Morgan fingerprint density at radius 2 is 2.11 bits per heavy atom. The van der Waals surface area contributed by atoms with E-state index in [1.165, 1.54) is 5.69 Å². The van der Waals surface area contributed by atoms with Gasteiger partial charge < -0.3 is 15.2 Å². The fourth-order valence-corrected chi connectivity index (χ4v) is 1.84. The van der Waals surface area contributed by atoms with E-state index in [1.807, 2.05) is 0 Å². The molecule has 2 N–H and O–H groups in total. The number of carbonyl (C=O) groups is 1. The van der Waals surface area contributed by atoms with Gasteiger partial charge in [0.2, 0.25) is 5.91 Å². The second-order valence-corrected chi connectivity index (χ2v) is 4.47. The Labute approximate surface area is 110 Å². The highest BCUT2D eigenvalue weighted by Gasteiger charge is 2.01. The molecule has 0 aliphatic rings. The zero-order valence-electron chi connectivity index (χ0n) is 11.5. The summed E-state index contributed by atoms with van der Waals surface area (Å²) in [5.74, 6) is 0.133. The number of hydrogen-bond acceptors (Lipinski definition) is 2. The van der Waals surface area contributed by atoms with Crippen molar-refractivity contribution in [3.63, 3.8) is 0 Å². The lowest BCUT2D eigenvalue weighted by molar-refractivity contribution is -0.120. The quantitative estimate of drug-likeness (QED) is 0.659. The van der Waals surface area contributed by atoms with Crippen LogP contribution in [0, 0.1) is 0 Å². The lowest BCUT2D eigenvalue weighted by Gasteiger charge is -2.09. The maximum Gasteiger partial charge on any atom is 0.221 e. The molecule has 1 heterocycles. The van der Waals surface area contributed by atoms with Gasteiger partial charge in [0.15, 0.2) is 0 Å². The molecule has 18 heavy (non-hydrogen) atoms. The minimum absolute atomic E-state index is 0.133. The molecule has 0 radical (unpaired) electrons. The van der Waals surface area contributed by atoms with Crippen LogP contribution in [-0.4, -0.2) is 23.6 Å². The van der Waals surface area contributed by atoms with Gasteiger partial charge >= 0.3 is 0 Å². The largest absolute Gasteiger partial charge is 0.356 e. The second kappa shape index (κ2) is 8.75. The molecule has 4 nitrogen and oxygen atoms in total. The van der Waals surface area contributed by atoms with Crippen molar-refractivity contribution in [1.29, 1.82) is 0 Å². The third kappa shape index (κ3) is 5.36. The van der Waals surface area contributed by atoms with E-state index in [2.05, 4.69) is 47.4 Å². The van der Waals surface area contributed by atoms with E-state index in [1.54, 1.807) is 0 Å². The molecule has 0 aliphatic heterocycles. The number of hydrogen-bond donors (Lipinski definition) is 2. The SMILES string of the molecule is CCCNC(=O)CCNCc1cccn1CCC. The predicted molar refractivity (Wildman–Crippen MR) is 74.3 cm³/mol. The molecular weight excluding hydrogens is 226 g/mol. The summed E-state index contributed by atoms with van der Waals surface area (Å²) in [6.07, 6.45) is 4.79. The first-order valence-electron chi connectivity index (χ1n) is 6.89. The molecule has 1 rings (SSSR count). The van der Waals surface area contributed by atoms with Gasteiger partial charge in [-0.05, 0) is 25.0 Å². The Morgan fingerprint density at radius 1 is 1.28 bits per heavy atom. The van der Waals surface area contributed by atoms with Crippen LogP contribution in [0.4, 0.5) is 0 Å². The molecule has 0 saturated carbocycles. The van der Waals surface area contributed by atoms with Gasteiger partial charge in [-0.2, -0.15) is 0 Å². The number of carbonyl (C=O) groups excluding carboxylic acids is 1. The highest BCUT2D eigenvalue weighted by Crippen LogP contribution is 2.03. The van der Waals surface area contributed by atoms with Crippen LogP contribution in [0.25, 0.3) is 0 Å². The van der Waals surface area contributed by atoms with E-state index in [9.17, 15) is 4.79 Å². The van der Waals surface area contributed by atoms with Crippen molar-refractivity contribution in [2.24, 2.45) is 0 Å². The Balaban J connectivity index is 2.17.